The molecule has 104 valence electrons. The second kappa shape index (κ2) is 5.98. The summed E-state index contributed by atoms with van der Waals surface area (Å²) in [5.74, 6) is -1.73. The molecule has 2 rings (SSSR count). The molecule has 0 aliphatic rings. The van der Waals surface area contributed by atoms with Crippen molar-refractivity contribution in [1.29, 1.82) is 0 Å². The van der Waals surface area contributed by atoms with Crippen LogP contribution in [0.25, 0.3) is 0 Å². The molecule has 1 atom stereocenters. The number of carbonyl (C=O) groups is 2. The molecule has 2 aromatic rings. The van der Waals surface area contributed by atoms with Gasteiger partial charge in [-0.25, -0.2) is 4.79 Å². The topological polar surface area (TPSA) is 92.2 Å². The van der Waals surface area contributed by atoms with Crippen LogP contribution in [0.4, 0.5) is 0 Å². The van der Waals surface area contributed by atoms with Crippen LogP contribution in [0, 0.1) is 6.92 Å². The Kier molecular flexibility index (Phi) is 4.31. The molecule has 20 heavy (non-hydrogen) atoms. The molecular formula is C12H10ClN3O3S. The number of halogens is 1. The number of rotatable bonds is 4. The first-order valence-corrected chi connectivity index (χ1v) is 6.73. The molecule has 2 N–H and O–H groups in total. The summed E-state index contributed by atoms with van der Waals surface area (Å²) in [6, 6.07) is 5.24. The van der Waals surface area contributed by atoms with Gasteiger partial charge >= 0.3 is 5.97 Å². The molecule has 0 aliphatic carbocycles. The van der Waals surface area contributed by atoms with E-state index in [0.717, 1.165) is 11.5 Å². The molecule has 8 heteroatoms. The smallest absolute Gasteiger partial charge is 0.330 e. The van der Waals surface area contributed by atoms with Crippen molar-refractivity contribution in [2.45, 2.75) is 13.0 Å². The van der Waals surface area contributed by atoms with Crippen LogP contribution in [0.3, 0.4) is 0 Å². The summed E-state index contributed by atoms with van der Waals surface area (Å²) in [4.78, 5) is 23.7. The molecule has 0 unspecified atom stereocenters. The zero-order valence-electron chi connectivity index (χ0n) is 10.3. The first-order valence-electron chi connectivity index (χ1n) is 5.57. The molecular weight excluding hydrogens is 302 g/mol. The van der Waals surface area contributed by atoms with Crippen LogP contribution in [0.2, 0.25) is 5.02 Å². The van der Waals surface area contributed by atoms with Gasteiger partial charge in [-0.05, 0) is 24.5 Å². The Morgan fingerprint density at radius 2 is 2.10 bits per heavy atom. The predicted octanol–water partition coefficient (Wildman–Crippen LogP) is 2.06. The van der Waals surface area contributed by atoms with Crippen LogP contribution >= 0.6 is 23.1 Å². The second-order valence-electron chi connectivity index (χ2n) is 3.95. The fourth-order valence-corrected chi connectivity index (χ4v) is 2.42. The fourth-order valence-electron chi connectivity index (χ4n) is 1.62. The third-order valence-electron chi connectivity index (χ3n) is 2.60. The Hall–Kier alpha value is -1.99. The number of amides is 1. The van der Waals surface area contributed by atoms with Gasteiger partial charge in [0.05, 0.1) is 5.69 Å². The van der Waals surface area contributed by atoms with Crippen molar-refractivity contribution in [2.75, 3.05) is 0 Å². The molecule has 1 heterocycles. The standard InChI is InChI=1S/C12H10ClN3O3S/c1-6-10(20-16-15-6)11(17)14-9(12(18)19)7-4-2-3-5-8(7)13/h2-5,9H,1H3,(H,14,17)(H,18,19)/t9-/m1/s1. The van der Waals surface area contributed by atoms with Crippen molar-refractivity contribution < 1.29 is 14.7 Å². The van der Waals surface area contributed by atoms with Gasteiger partial charge in [0.2, 0.25) is 0 Å². The van der Waals surface area contributed by atoms with Crippen LogP contribution in [0.5, 0.6) is 0 Å². The van der Waals surface area contributed by atoms with E-state index in [-0.39, 0.29) is 9.90 Å². The number of carboxylic acids is 1. The summed E-state index contributed by atoms with van der Waals surface area (Å²) in [5.41, 5.74) is 0.779. The SMILES string of the molecule is Cc1nnsc1C(=O)N[C@@H](C(=O)O)c1ccccc1Cl. The summed E-state index contributed by atoms with van der Waals surface area (Å²) in [6.45, 7) is 1.63. The summed E-state index contributed by atoms with van der Waals surface area (Å²) < 4.78 is 3.64. The number of aromatic nitrogens is 2. The van der Waals surface area contributed by atoms with Crippen molar-refractivity contribution >= 4 is 35.0 Å². The Morgan fingerprint density at radius 1 is 1.40 bits per heavy atom. The first kappa shape index (κ1) is 14.4. The number of aliphatic carboxylic acids is 1. The van der Waals surface area contributed by atoms with Gasteiger partial charge in [0.25, 0.3) is 5.91 Å². The maximum Gasteiger partial charge on any atom is 0.330 e. The third kappa shape index (κ3) is 2.94. The quantitative estimate of drug-likeness (QED) is 0.901. The molecule has 1 aromatic heterocycles. The molecule has 0 fully saturated rings. The molecule has 0 radical (unpaired) electrons. The van der Waals surface area contributed by atoms with Crippen molar-refractivity contribution in [3.63, 3.8) is 0 Å². The lowest BCUT2D eigenvalue weighted by Crippen LogP contribution is -2.33. The number of carbonyl (C=O) groups excluding carboxylic acids is 1. The van der Waals surface area contributed by atoms with E-state index in [9.17, 15) is 14.7 Å². The lowest BCUT2D eigenvalue weighted by molar-refractivity contribution is -0.139. The molecule has 0 saturated heterocycles. The van der Waals surface area contributed by atoms with Crippen LogP contribution in [0.15, 0.2) is 24.3 Å². The van der Waals surface area contributed by atoms with E-state index >= 15 is 0 Å². The molecule has 0 saturated carbocycles. The maximum absolute atomic E-state index is 12.0. The number of nitrogens with zero attached hydrogens (tertiary/aromatic N) is 2. The number of aryl methyl sites for hydroxylation is 1. The van der Waals surface area contributed by atoms with Gasteiger partial charge in [0.1, 0.15) is 4.88 Å². The monoisotopic (exact) mass is 311 g/mol. The van der Waals surface area contributed by atoms with Crippen LogP contribution < -0.4 is 5.32 Å². The normalized spacial score (nSPS) is 11.9. The van der Waals surface area contributed by atoms with Gasteiger partial charge in [-0.15, -0.1) is 5.10 Å². The molecule has 0 spiro atoms. The zero-order chi connectivity index (χ0) is 14.7. The van der Waals surface area contributed by atoms with E-state index in [1.165, 1.54) is 0 Å². The number of nitrogens with one attached hydrogen (secondary N) is 1. The van der Waals surface area contributed by atoms with E-state index in [0.29, 0.717) is 11.3 Å². The summed E-state index contributed by atoms with van der Waals surface area (Å²) in [7, 11) is 0. The van der Waals surface area contributed by atoms with E-state index < -0.39 is 17.9 Å². The Labute approximate surface area is 123 Å². The fraction of sp³-hybridized carbons (Fsp3) is 0.167. The van der Waals surface area contributed by atoms with Gasteiger partial charge < -0.3 is 10.4 Å². The highest BCUT2D eigenvalue weighted by Crippen LogP contribution is 2.23. The molecule has 0 aliphatic heterocycles. The van der Waals surface area contributed by atoms with Gasteiger partial charge in [-0.1, -0.05) is 34.3 Å². The minimum absolute atomic E-state index is 0.277. The largest absolute Gasteiger partial charge is 0.479 e. The summed E-state index contributed by atoms with van der Waals surface area (Å²) in [5, 5.41) is 15.7. The number of carboxylic acid groups (broad SMARTS) is 1. The van der Waals surface area contributed by atoms with Crippen molar-refractivity contribution in [2.24, 2.45) is 0 Å². The average molecular weight is 312 g/mol. The van der Waals surface area contributed by atoms with E-state index in [2.05, 4.69) is 14.9 Å². The Balaban J connectivity index is 2.28. The summed E-state index contributed by atoms with van der Waals surface area (Å²) >= 11 is 6.88. The van der Waals surface area contributed by atoms with Crippen LogP contribution in [-0.4, -0.2) is 26.6 Å². The minimum atomic E-state index is -1.22. The summed E-state index contributed by atoms with van der Waals surface area (Å²) in [6.07, 6.45) is 0. The first-order chi connectivity index (χ1) is 9.50. The number of benzene rings is 1. The van der Waals surface area contributed by atoms with E-state index in [4.69, 9.17) is 11.6 Å². The van der Waals surface area contributed by atoms with E-state index in [1.807, 2.05) is 0 Å². The van der Waals surface area contributed by atoms with Crippen molar-refractivity contribution in [3.8, 4) is 0 Å². The highest BCUT2D eigenvalue weighted by atomic mass is 35.5. The highest BCUT2D eigenvalue weighted by Gasteiger charge is 2.26. The lowest BCUT2D eigenvalue weighted by Gasteiger charge is -2.15. The number of hydrogen-bond donors (Lipinski definition) is 2. The van der Waals surface area contributed by atoms with Crippen LogP contribution in [0.1, 0.15) is 27.0 Å². The van der Waals surface area contributed by atoms with Gasteiger partial charge in [0.15, 0.2) is 6.04 Å². The van der Waals surface area contributed by atoms with E-state index in [1.54, 1.807) is 31.2 Å². The Bertz CT molecular complexity index is 659. The molecule has 1 amide bonds. The maximum atomic E-state index is 12.0. The minimum Gasteiger partial charge on any atom is -0.479 e. The predicted molar refractivity (Wildman–Crippen MR) is 73.9 cm³/mol. The van der Waals surface area contributed by atoms with Gasteiger partial charge in [0, 0.05) is 10.6 Å². The van der Waals surface area contributed by atoms with Crippen molar-refractivity contribution in [1.82, 2.24) is 14.9 Å². The zero-order valence-corrected chi connectivity index (χ0v) is 11.9. The number of hydrogen-bond acceptors (Lipinski definition) is 5. The lowest BCUT2D eigenvalue weighted by atomic mass is 10.1. The molecule has 1 aromatic carbocycles. The van der Waals surface area contributed by atoms with Gasteiger partial charge in [-0.2, -0.15) is 0 Å². The second-order valence-corrected chi connectivity index (χ2v) is 5.12. The third-order valence-corrected chi connectivity index (χ3v) is 3.77. The van der Waals surface area contributed by atoms with Crippen molar-refractivity contribution in [3.05, 3.63) is 45.4 Å². The average Bonchev–Trinajstić information content (AvgIpc) is 2.83. The van der Waals surface area contributed by atoms with Crippen LogP contribution in [-0.2, 0) is 4.79 Å². The highest BCUT2D eigenvalue weighted by molar-refractivity contribution is 7.08. The molecule has 0 bridgehead atoms. The Morgan fingerprint density at radius 3 is 2.65 bits per heavy atom. The van der Waals surface area contributed by atoms with Gasteiger partial charge in [-0.3, -0.25) is 4.79 Å². The molecule has 6 nitrogen and oxygen atoms in total.